The maximum absolute atomic E-state index is 12.0. The molecule has 1 aliphatic carbocycles. The molecule has 0 N–H and O–H groups in total. The molecular formula is C13H5Cl2N3O. The van der Waals surface area contributed by atoms with Crippen LogP contribution in [0.25, 0.3) is 22.4 Å². The van der Waals surface area contributed by atoms with E-state index in [0.717, 1.165) is 0 Å². The van der Waals surface area contributed by atoms with Crippen molar-refractivity contribution in [3.05, 3.63) is 50.6 Å². The summed E-state index contributed by atoms with van der Waals surface area (Å²) in [5.74, 6) is 0. The molecule has 92 valence electrons. The fourth-order valence-corrected chi connectivity index (χ4v) is 2.53. The molecule has 0 aromatic heterocycles. The summed E-state index contributed by atoms with van der Waals surface area (Å²) in [6.07, 6.45) is 2.01. The van der Waals surface area contributed by atoms with Gasteiger partial charge in [-0.1, -0.05) is 35.3 Å². The van der Waals surface area contributed by atoms with Crippen molar-refractivity contribution in [1.82, 2.24) is 9.55 Å². The van der Waals surface area contributed by atoms with Gasteiger partial charge in [-0.3, -0.25) is 4.79 Å². The summed E-state index contributed by atoms with van der Waals surface area (Å²) in [4.78, 5) is 16.3. The second-order valence-electron chi connectivity index (χ2n) is 3.90. The van der Waals surface area contributed by atoms with Crippen molar-refractivity contribution in [3.63, 3.8) is 0 Å². The van der Waals surface area contributed by atoms with Crippen LogP contribution >= 0.6 is 23.2 Å². The van der Waals surface area contributed by atoms with E-state index in [1.807, 2.05) is 6.19 Å². The number of halogens is 2. The van der Waals surface area contributed by atoms with E-state index in [9.17, 15) is 10.1 Å². The SMILES string of the molecule is N#Cn1c2c(Cl)cc(Cl)c(=O)c-2nc2ccccc21. The number of hydrogen-bond donors (Lipinski definition) is 0. The van der Waals surface area contributed by atoms with Gasteiger partial charge in [0.05, 0.1) is 21.1 Å². The van der Waals surface area contributed by atoms with E-state index in [1.54, 1.807) is 24.3 Å². The van der Waals surface area contributed by atoms with Gasteiger partial charge in [-0.2, -0.15) is 5.26 Å². The lowest BCUT2D eigenvalue weighted by Gasteiger charge is -2.13. The smallest absolute Gasteiger partial charge is 0.224 e. The van der Waals surface area contributed by atoms with Crippen molar-refractivity contribution in [1.29, 1.82) is 5.26 Å². The molecular weight excluding hydrogens is 285 g/mol. The van der Waals surface area contributed by atoms with Crippen molar-refractivity contribution < 1.29 is 0 Å². The number of fused-ring (bicyclic) bond motifs is 2. The minimum atomic E-state index is -0.434. The predicted molar refractivity (Wildman–Crippen MR) is 73.7 cm³/mol. The molecule has 1 aromatic carbocycles. The Labute approximate surface area is 117 Å². The van der Waals surface area contributed by atoms with Crippen LogP contribution in [0.15, 0.2) is 35.1 Å². The van der Waals surface area contributed by atoms with Gasteiger partial charge in [-0.15, -0.1) is 0 Å². The lowest BCUT2D eigenvalue weighted by Crippen LogP contribution is -2.14. The molecule has 0 fully saturated rings. The number of benzene rings is 2. The third kappa shape index (κ3) is 1.67. The zero-order valence-electron chi connectivity index (χ0n) is 9.39. The molecule has 1 aliphatic heterocycles. The Kier molecular flexibility index (Phi) is 2.67. The normalized spacial score (nSPS) is 10.8. The molecule has 0 spiro atoms. The number of rotatable bonds is 0. The molecule has 2 aliphatic rings. The lowest BCUT2D eigenvalue weighted by molar-refractivity contribution is 1.09. The minimum absolute atomic E-state index is 0.00947. The Balaban J connectivity index is 2.68. The molecule has 0 saturated heterocycles. The molecule has 4 nitrogen and oxygen atoms in total. The first-order chi connectivity index (χ1) is 9.13. The lowest BCUT2D eigenvalue weighted by atomic mass is 10.1. The largest absolute Gasteiger partial charge is 0.286 e. The first kappa shape index (κ1) is 12.0. The van der Waals surface area contributed by atoms with E-state index in [2.05, 4.69) is 4.98 Å². The van der Waals surface area contributed by atoms with Crippen molar-refractivity contribution >= 4 is 34.2 Å². The Morgan fingerprint density at radius 2 is 1.95 bits per heavy atom. The van der Waals surface area contributed by atoms with Crippen LogP contribution in [-0.2, 0) is 0 Å². The zero-order valence-corrected chi connectivity index (χ0v) is 10.9. The van der Waals surface area contributed by atoms with Crippen molar-refractivity contribution in [2.45, 2.75) is 0 Å². The first-order valence-corrected chi connectivity index (χ1v) is 6.08. The third-order valence-corrected chi connectivity index (χ3v) is 3.38. The van der Waals surface area contributed by atoms with Crippen LogP contribution in [0.5, 0.6) is 0 Å². The van der Waals surface area contributed by atoms with Crippen LogP contribution in [0.2, 0.25) is 10.0 Å². The van der Waals surface area contributed by atoms with Gasteiger partial charge in [-0.25, -0.2) is 9.55 Å². The van der Waals surface area contributed by atoms with Crippen molar-refractivity contribution in [2.75, 3.05) is 0 Å². The van der Waals surface area contributed by atoms with Gasteiger partial charge in [0.15, 0.2) is 6.19 Å². The molecule has 1 heterocycles. The van der Waals surface area contributed by atoms with Gasteiger partial charge in [0.1, 0.15) is 11.4 Å². The molecule has 3 rings (SSSR count). The van der Waals surface area contributed by atoms with Gasteiger partial charge >= 0.3 is 0 Å². The number of nitriles is 1. The highest BCUT2D eigenvalue weighted by molar-refractivity contribution is 6.36. The molecule has 1 aromatic rings. The minimum Gasteiger partial charge on any atom is -0.286 e. The molecule has 0 saturated carbocycles. The summed E-state index contributed by atoms with van der Waals surface area (Å²) in [6, 6.07) is 8.35. The molecule has 0 radical (unpaired) electrons. The summed E-state index contributed by atoms with van der Waals surface area (Å²) in [7, 11) is 0. The third-order valence-electron chi connectivity index (χ3n) is 2.81. The maximum atomic E-state index is 12.0. The second-order valence-corrected chi connectivity index (χ2v) is 4.72. The molecule has 0 unspecified atom stereocenters. The predicted octanol–water partition coefficient (Wildman–Crippen LogP) is 3.14. The second kappa shape index (κ2) is 4.23. The van der Waals surface area contributed by atoms with E-state index in [4.69, 9.17) is 23.2 Å². The molecule has 0 bridgehead atoms. The van der Waals surface area contributed by atoms with Gasteiger partial charge in [0, 0.05) is 0 Å². The molecule has 0 atom stereocenters. The number of aromatic nitrogens is 2. The summed E-state index contributed by atoms with van der Waals surface area (Å²) in [5.41, 5.74) is 1.05. The summed E-state index contributed by atoms with van der Waals surface area (Å²) >= 11 is 11.9. The molecule has 19 heavy (non-hydrogen) atoms. The fourth-order valence-electron chi connectivity index (χ4n) is 1.99. The highest BCUT2D eigenvalue weighted by atomic mass is 35.5. The molecule has 6 heteroatoms. The van der Waals surface area contributed by atoms with Gasteiger partial charge in [-0.05, 0) is 18.2 Å². The van der Waals surface area contributed by atoms with Crippen LogP contribution in [0.3, 0.4) is 0 Å². The van der Waals surface area contributed by atoms with E-state index in [-0.39, 0.29) is 21.4 Å². The quantitative estimate of drug-likeness (QED) is 0.598. The van der Waals surface area contributed by atoms with E-state index < -0.39 is 5.43 Å². The average molecular weight is 290 g/mol. The van der Waals surface area contributed by atoms with E-state index in [1.165, 1.54) is 10.6 Å². The highest BCUT2D eigenvalue weighted by Crippen LogP contribution is 2.30. The first-order valence-electron chi connectivity index (χ1n) is 5.33. The van der Waals surface area contributed by atoms with Crippen LogP contribution in [0, 0.1) is 11.5 Å². The standard InChI is InChI=1S/C13H5Cl2N3O/c14-7-5-8(15)13(19)11-12(7)18(6-16)10-4-2-1-3-9(10)17-11/h1-5H. The topological polar surface area (TPSA) is 58.7 Å². The fraction of sp³-hybridized carbons (Fsp3) is 0. The van der Waals surface area contributed by atoms with Crippen LogP contribution < -0.4 is 5.43 Å². The average Bonchev–Trinajstić information content (AvgIpc) is 2.42. The van der Waals surface area contributed by atoms with Crippen LogP contribution in [0.1, 0.15) is 0 Å². The van der Waals surface area contributed by atoms with Gasteiger partial charge in [0.2, 0.25) is 5.43 Å². The summed E-state index contributed by atoms with van der Waals surface area (Å²) in [6.45, 7) is 0. The monoisotopic (exact) mass is 289 g/mol. The number of hydrogen-bond acceptors (Lipinski definition) is 3. The highest BCUT2D eigenvalue weighted by Gasteiger charge is 2.21. The Morgan fingerprint density at radius 3 is 2.68 bits per heavy atom. The summed E-state index contributed by atoms with van der Waals surface area (Å²) in [5, 5.41) is 9.52. The van der Waals surface area contributed by atoms with Crippen molar-refractivity contribution in [3.8, 4) is 17.6 Å². The van der Waals surface area contributed by atoms with Gasteiger partial charge < -0.3 is 0 Å². The van der Waals surface area contributed by atoms with E-state index >= 15 is 0 Å². The Morgan fingerprint density at radius 1 is 1.21 bits per heavy atom. The van der Waals surface area contributed by atoms with Crippen molar-refractivity contribution in [2.24, 2.45) is 0 Å². The number of nitrogens with zero attached hydrogens (tertiary/aromatic N) is 3. The van der Waals surface area contributed by atoms with Crippen LogP contribution in [-0.4, -0.2) is 9.55 Å². The molecule has 0 amide bonds. The van der Waals surface area contributed by atoms with Gasteiger partial charge in [0.25, 0.3) is 0 Å². The number of para-hydroxylation sites is 2. The zero-order chi connectivity index (χ0) is 13.6. The summed E-state index contributed by atoms with van der Waals surface area (Å²) < 4.78 is 1.29. The Hall–Kier alpha value is -2.09. The Bertz CT molecular complexity index is 880. The van der Waals surface area contributed by atoms with E-state index in [0.29, 0.717) is 11.0 Å². The maximum Gasteiger partial charge on any atom is 0.224 e. The van der Waals surface area contributed by atoms with Crippen LogP contribution in [0.4, 0.5) is 0 Å².